The van der Waals surface area contributed by atoms with E-state index in [1.54, 1.807) is 11.3 Å². The molecule has 2 N–H and O–H groups in total. The molecule has 0 aliphatic carbocycles. The summed E-state index contributed by atoms with van der Waals surface area (Å²) in [5.74, 6) is -2.04. The van der Waals surface area contributed by atoms with Crippen molar-refractivity contribution in [2.45, 2.75) is 25.7 Å². The van der Waals surface area contributed by atoms with Crippen LogP contribution in [0.15, 0.2) is 36.0 Å². The summed E-state index contributed by atoms with van der Waals surface area (Å²) in [6, 6.07) is 8.54. The highest BCUT2D eigenvalue weighted by molar-refractivity contribution is 7.09. The number of tetrazole rings is 1. The third-order valence-electron chi connectivity index (χ3n) is 3.38. The van der Waals surface area contributed by atoms with Crippen LogP contribution in [0.25, 0.3) is 0 Å². The second-order valence-corrected chi connectivity index (χ2v) is 6.74. The second-order valence-electron chi connectivity index (χ2n) is 5.76. The van der Waals surface area contributed by atoms with E-state index in [4.69, 9.17) is 9.90 Å². The first-order chi connectivity index (χ1) is 13.2. The van der Waals surface area contributed by atoms with Crippen LogP contribution in [-0.2, 0) is 24.3 Å². The van der Waals surface area contributed by atoms with Gasteiger partial charge in [0.1, 0.15) is 0 Å². The predicted octanol–water partition coefficient (Wildman–Crippen LogP) is 2.51. The Bertz CT molecular complexity index is 838. The highest BCUT2D eigenvalue weighted by Gasteiger charge is 2.38. The zero-order valence-corrected chi connectivity index (χ0v) is 15.5. The number of thiazole rings is 1. The van der Waals surface area contributed by atoms with E-state index in [0.717, 1.165) is 13.1 Å². The maximum atomic E-state index is 10.6. The van der Waals surface area contributed by atoms with Crippen LogP contribution in [-0.4, -0.2) is 54.8 Å². The number of nitrogens with zero attached hydrogens (tertiary/aromatic N) is 5. The minimum absolute atomic E-state index is 0.702. The van der Waals surface area contributed by atoms with Crippen molar-refractivity contribution in [1.29, 1.82) is 0 Å². The van der Waals surface area contributed by atoms with E-state index in [0.29, 0.717) is 12.2 Å². The molecule has 3 aromatic rings. The first-order valence-electron chi connectivity index (χ1n) is 7.90. The first kappa shape index (κ1) is 21.4. The summed E-state index contributed by atoms with van der Waals surface area (Å²) < 4.78 is 31.7. The first-order valence-corrected chi connectivity index (χ1v) is 8.78. The number of carbonyl (C=O) groups is 1. The van der Waals surface area contributed by atoms with Crippen LogP contribution < -0.4 is 0 Å². The van der Waals surface area contributed by atoms with Crippen molar-refractivity contribution in [2.24, 2.45) is 0 Å². The number of aromatic nitrogens is 5. The lowest BCUT2D eigenvalue weighted by atomic mass is 10.1. The molecular weight excluding hydrogens is 397 g/mol. The van der Waals surface area contributed by atoms with E-state index in [1.807, 2.05) is 11.7 Å². The molecule has 0 saturated carbocycles. The number of hydrogen-bond acceptors (Lipinski definition) is 7. The summed E-state index contributed by atoms with van der Waals surface area (Å²) >= 11 is 1.69. The zero-order chi connectivity index (χ0) is 20.6. The molecule has 0 radical (unpaired) electrons. The molecule has 1 aromatic carbocycles. The molecule has 0 unspecified atom stereocenters. The average Bonchev–Trinajstić information content (AvgIpc) is 3.30. The van der Waals surface area contributed by atoms with Crippen molar-refractivity contribution in [3.8, 4) is 0 Å². The van der Waals surface area contributed by atoms with Gasteiger partial charge >= 0.3 is 12.1 Å². The van der Waals surface area contributed by atoms with E-state index >= 15 is 0 Å². The monoisotopic (exact) mass is 414 g/mol. The van der Waals surface area contributed by atoms with Gasteiger partial charge in [0, 0.05) is 30.6 Å². The second kappa shape index (κ2) is 9.90. The third kappa shape index (κ3) is 7.40. The molecule has 0 amide bonds. The smallest absolute Gasteiger partial charge is 0.475 e. The maximum absolute atomic E-state index is 10.6. The number of alkyl halides is 3. The Morgan fingerprint density at radius 2 is 1.86 bits per heavy atom. The van der Waals surface area contributed by atoms with E-state index in [-0.39, 0.29) is 0 Å². The molecule has 12 heteroatoms. The lowest BCUT2D eigenvalue weighted by Gasteiger charge is -2.15. The number of hydrogen-bond donors (Lipinski definition) is 2. The Morgan fingerprint density at radius 3 is 2.36 bits per heavy atom. The molecule has 2 aromatic heterocycles. The largest absolute Gasteiger partial charge is 0.490 e. The van der Waals surface area contributed by atoms with E-state index < -0.39 is 12.1 Å². The van der Waals surface area contributed by atoms with Crippen molar-refractivity contribution < 1.29 is 23.1 Å². The van der Waals surface area contributed by atoms with E-state index in [9.17, 15) is 13.2 Å². The molecule has 28 heavy (non-hydrogen) atoms. The molecule has 0 saturated heterocycles. The minimum Gasteiger partial charge on any atom is -0.475 e. The van der Waals surface area contributed by atoms with Crippen LogP contribution in [0, 0.1) is 0 Å². The van der Waals surface area contributed by atoms with Crippen LogP contribution in [0.2, 0.25) is 0 Å². The number of benzene rings is 1. The van der Waals surface area contributed by atoms with Crippen molar-refractivity contribution in [3.05, 3.63) is 57.8 Å². The Labute approximate surface area is 162 Å². The van der Waals surface area contributed by atoms with Crippen LogP contribution in [0.5, 0.6) is 0 Å². The minimum atomic E-state index is -5.08. The number of aliphatic carboxylic acids is 1. The Morgan fingerprint density at radius 1 is 1.21 bits per heavy atom. The summed E-state index contributed by atoms with van der Waals surface area (Å²) in [5, 5.41) is 21.1. The van der Waals surface area contributed by atoms with Gasteiger partial charge in [-0.05, 0) is 18.2 Å². The van der Waals surface area contributed by atoms with Crippen molar-refractivity contribution >= 4 is 17.3 Å². The van der Waals surface area contributed by atoms with Crippen LogP contribution in [0.3, 0.4) is 0 Å². The maximum Gasteiger partial charge on any atom is 0.490 e. The SMILES string of the molecule is CN(Cc1ccc(Cc2nn[nH]n2)cc1)Cc1cncs1.O=C(O)C(F)(F)F. The Balaban J connectivity index is 0.000000345. The molecular formula is C16H17F3N6O2S. The summed E-state index contributed by atoms with van der Waals surface area (Å²) in [4.78, 5) is 16.6. The van der Waals surface area contributed by atoms with Gasteiger partial charge in [-0.25, -0.2) is 4.79 Å². The lowest BCUT2D eigenvalue weighted by molar-refractivity contribution is -0.192. The fraction of sp³-hybridized carbons (Fsp3) is 0.312. The zero-order valence-electron chi connectivity index (χ0n) is 14.7. The number of aromatic amines is 1. The fourth-order valence-electron chi connectivity index (χ4n) is 2.16. The number of carboxylic acid groups (broad SMARTS) is 1. The van der Waals surface area contributed by atoms with Gasteiger partial charge in [-0.15, -0.1) is 21.5 Å². The fourth-order valence-corrected chi connectivity index (χ4v) is 2.83. The molecule has 0 fully saturated rings. The van der Waals surface area contributed by atoms with Gasteiger partial charge in [-0.1, -0.05) is 29.5 Å². The number of halogens is 3. The van der Waals surface area contributed by atoms with Gasteiger partial charge in [0.25, 0.3) is 0 Å². The van der Waals surface area contributed by atoms with Gasteiger partial charge in [0.05, 0.1) is 5.51 Å². The number of carboxylic acids is 1. The summed E-state index contributed by atoms with van der Waals surface area (Å²) in [6.45, 7) is 1.84. The lowest BCUT2D eigenvalue weighted by Crippen LogP contribution is -2.21. The third-order valence-corrected chi connectivity index (χ3v) is 4.14. The highest BCUT2D eigenvalue weighted by Crippen LogP contribution is 2.14. The molecule has 3 rings (SSSR count). The van der Waals surface area contributed by atoms with Crippen LogP contribution in [0.1, 0.15) is 21.8 Å². The van der Waals surface area contributed by atoms with Gasteiger partial charge < -0.3 is 5.11 Å². The Kier molecular flexibility index (Phi) is 7.58. The van der Waals surface area contributed by atoms with E-state index in [1.165, 1.54) is 16.0 Å². The Hall–Kier alpha value is -2.86. The summed E-state index contributed by atoms with van der Waals surface area (Å²) in [5.41, 5.74) is 4.35. The molecule has 2 heterocycles. The number of H-pyrrole nitrogens is 1. The quantitative estimate of drug-likeness (QED) is 0.638. The molecule has 8 nitrogen and oxygen atoms in total. The van der Waals surface area contributed by atoms with Crippen molar-refractivity contribution in [1.82, 2.24) is 30.5 Å². The predicted molar refractivity (Wildman–Crippen MR) is 94.4 cm³/mol. The molecule has 150 valence electrons. The molecule has 0 bridgehead atoms. The van der Waals surface area contributed by atoms with Gasteiger partial charge in [-0.3, -0.25) is 9.88 Å². The molecule has 0 spiro atoms. The summed E-state index contributed by atoms with van der Waals surface area (Å²) in [7, 11) is 2.12. The van der Waals surface area contributed by atoms with Crippen molar-refractivity contribution in [2.75, 3.05) is 7.05 Å². The number of rotatable bonds is 6. The van der Waals surface area contributed by atoms with Gasteiger partial charge in [0.2, 0.25) is 0 Å². The van der Waals surface area contributed by atoms with Gasteiger partial charge in [0.15, 0.2) is 5.82 Å². The topological polar surface area (TPSA) is 108 Å². The average molecular weight is 414 g/mol. The normalized spacial score (nSPS) is 11.2. The van der Waals surface area contributed by atoms with Crippen molar-refractivity contribution in [3.63, 3.8) is 0 Å². The standard InChI is InChI=1S/C14H16N6S.C2HF3O2/c1-20(9-13-7-15-10-21-13)8-12-4-2-11(3-5-12)6-14-16-18-19-17-14;3-2(4,5)1(6)7/h2-5,7,10H,6,8-9H2,1H3,(H,16,17,18,19);(H,6,7). The van der Waals surface area contributed by atoms with E-state index in [2.05, 4.69) is 61.8 Å². The highest BCUT2D eigenvalue weighted by atomic mass is 32.1. The van der Waals surface area contributed by atoms with Crippen LogP contribution >= 0.6 is 11.3 Å². The van der Waals surface area contributed by atoms with Crippen LogP contribution in [0.4, 0.5) is 13.2 Å². The molecule has 0 atom stereocenters. The van der Waals surface area contributed by atoms with Gasteiger partial charge in [-0.2, -0.15) is 18.4 Å². The molecule has 0 aliphatic rings. The number of nitrogens with one attached hydrogen (secondary N) is 1. The summed E-state index contributed by atoms with van der Waals surface area (Å²) in [6.07, 6.45) is -2.46. The molecule has 0 aliphatic heterocycles.